The topological polar surface area (TPSA) is 64.3 Å². The summed E-state index contributed by atoms with van der Waals surface area (Å²) in [4.78, 5) is 21.4. The number of aromatic amines is 1. The first kappa shape index (κ1) is 15.1. The number of aryl methyl sites for hydroxylation is 1. The SMILES string of the molecule is Cc1[nH]cnc1CN1CCC(NN(C)c2ccccc2)=CC1=O. The van der Waals surface area contributed by atoms with Gasteiger partial charge in [0.15, 0.2) is 0 Å². The Morgan fingerprint density at radius 2 is 2.13 bits per heavy atom. The predicted octanol–water partition coefficient (Wildman–Crippen LogP) is 1.98. The minimum absolute atomic E-state index is 0.0163. The molecule has 2 N–H and O–H groups in total. The molecule has 2 aromatic rings. The fraction of sp³-hybridized carbons (Fsp3) is 0.294. The summed E-state index contributed by atoms with van der Waals surface area (Å²) >= 11 is 0. The Balaban J connectivity index is 1.62. The van der Waals surface area contributed by atoms with Crippen LogP contribution in [0.1, 0.15) is 17.8 Å². The van der Waals surface area contributed by atoms with E-state index in [9.17, 15) is 4.79 Å². The van der Waals surface area contributed by atoms with Gasteiger partial charge in [-0.2, -0.15) is 0 Å². The standard InChI is InChI=1S/C17H21N5O/c1-13-16(19-12-18-13)11-22-9-8-14(10-17(22)23)20-21(2)15-6-4-3-5-7-15/h3-7,10,12,20H,8-9,11H2,1-2H3,(H,18,19). The molecule has 3 rings (SSSR count). The number of aromatic nitrogens is 2. The van der Waals surface area contributed by atoms with Gasteiger partial charge in [0.1, 0.15) is 0 Å². The number of imidazole rings is 1. The van der Waals surface area contributed by atoms with Crippen LogP contribution in [0, 0.1) is 6.92 Å². The molecule has 120 valence electrons. The fourth-order valence-electron chi connectivity index (χ4n) is 2.58. The highest BCUT2D eigenvalue weighted by Crippen LogP contribution is 2.16. The van der Waals surface area contributed by atoms with E-state index >= 15 is 0 Å². The second-order valence-corrected chi connectivity index (χ2v) is 5.66. The zero-order chi connectivity index (χ0) is 16.2. The van der Waals surface area contributed by atoms with Gasteiger partial charge < -0.3 is 15.3 Å². The van der Waals surface area contributed by atoms with Gasteiger partial charge in [-0.3, -0.25) is 9.80 Å². The summed E-state index contributed by atoms with van der Waals surface area (Å²) in [6.45, 7) is 3.20. The molecule has 23 heavy (non-hydrogen) atoms. The van der Waals surface area contributed by atoms with Gasteiger partial charge in [0, 0.05) is 37.5 Å². The Morgan fingerprint density at radius 1 is 1.35 bits per heavy atom. The van der Waals surface area contributed by atoms with Crippen LogP contribution in [0.25, 0.3) is 0 Å². The molecular formula is C17H21N5O. The van der Waals surface area contributed by atoms with Crippen molar-refractivity contribution in [3.8, 4) is 0 Å². The van der Waals surface area contributed by atoms with Gasteiger partial charge in [-0.1, -0.05) is 18.2 Å². The second kappa shape index (κ2) is 6.56. The third-order valence-corrected chi connectivity index (χ3v) is 3.99. The van der Waals surface area contributed by atoms with Crippen molar-refractivity contribution in [2.75, 3.05) is 18.6 Å². The van der Waals surface area contributed by atoms with E-state index in [-0.39, 0.29) is 5.91 Å². The van der Waals surface area contributed by atoms with Gasteiger partial charge in [-0.15, -0.1) is 0 Å². The first-order valence-corrected chi connectivity index (χ1v) is 7.67. The molecule has 0 unspecified atom stereocenters. The van der Waals surface area contributed by atoms with Crippen molar-refractivity contribution in [2.24, 2.45) is 0 Å². The summed E-state index contributed by atoms with van der Waals surface area (Å²) in [5.41, 5.74) is 7.19. The number of nitrogens with zero attached hydrogens (tertiary/aromatic N) is 3. The van der Waals surface area contributed by atoms with Crippen LogP contribution >= 0.6 is 0 Å². The molecule has 0 saturated carbocycles. The Bertz CT molecular complexity index is 707. The summed E-state index contributed by atoms with van der Waals surface area (Å²) in [5.74, 6) is 0.0163. The smallest absolute Gasteiger partial charge is 0.248 e. The van der Waals surface area contributed by atoms with Crippen LogP contribution in [-0.2, 0) is 11.3 Å². The third kappa shape index (κ3) is 3.53. The van der Waals surface area contributed by atoms with Gasteiger partial charge in [0.2, 0.25) is 5.91 Å². The zero-order valence-electron chi connectivity index (χ0n) is 13.4. The number of benzene rings is 1. The van der Waals surface area contributed by atoms with E-state index < -0.39 is 0 Å². The van der Waals surface area contributed by atoms with Crippen molar-refractivity contribution < 1.29 is 4.79 Å². The molecule has 1 aromatic heterocycles. The van der Waals surface area contributed by atoms with E-state index in [1.807, 2.05) is 54.2 Å². The first-order chi connectivity index (χ1) is 11.1. The van der Waals surface area contributed by atoms with E-state index in [2.05, 4.69) is 15.4 Å². The van der Waals surface area contributed by atoms with E-state index in [1.54, 1.807) is 12.4 Å². The molecule has 0 atom stereocenters. The number of anilines is 1. The van der Waals surface area contributed by atoms with E-state index in [0.29, 0.717) is 13.1 Å². The lowest BCUT2D eigenvalue weighted by Crippen LogP contribution is -2.40. The maximum absolute atomic E-state index is 12.3. The first-order valence-electron chi connectivity index (χ1n) is 7.67. The van der Waals surface area contributed by atoms with E-state index in [0.717, 1.165) is 29.2 Å². The van der Waals surface area contributed by atoms with Crippen LogP contribution < -0.4 is 10.4 Å². The highest BCUT2D eigenvalue weighted by atomic mass is 16.2. The number of carbonyl (C=O) groups is 1. The Morgan fingerprint density at radius 3 is 2.78 bits per heavy atom. The summed E-state index contributed by atoms with van der Waals surface area (Å²) in [7, 11) is 1.94. The minimum atomic E-state index is 0.0163. The van der Waals surface area contributed by atoms with Crippen molar-refractivity contribution in [3.63, 3.8) is 0 Å². The zero-order valence-corrected chi connectivity index (χ0v) is 13.4. The number of hydrogen-bond acceptors (Lipinski definition) is 4. The Hall–Kier alpha value is -2.76. The summed E-state index contributed by atoms with van der Waals surface area (Å²) in [5, 5.41) is 1.92. The van der Waals surface area contributed by atoms with Crippen molar-refractivity contribution in [2.45, 2.75) is 19.9 Å². The number of hydrazine groups is 1. The molecule has 6 heteroatoms. The Kier molecular flexibility index (Phi) is 4.32. The molecule has 6 nitrogen and oxygen atoms in total. The lowest BCUT2D eigenvalue weighted by atomic mass is 10.2. The molecule has 1 aromatic carbocycles. The number of amides is 1. The molecule has 0 fully saturated rings. The van der Waals surface area contributed by atoms with E-state index in [1.165, 1.54) is 0 Å². The molecule has 1 aliphatic rings. The van der Waals surface area contributed by atoms with Crippen LogP contribution in [0.2, 0.25) is 0 Å². The van der Waals surface area contributed by atoms with Gasteiger partial charge in [-0.05, 0) is 19.1 Å². The van der Waals surface area contributed by atoms with Crippen molar-refractivity contribution in [3.05, 3.63) is 59.8 Å². The molecular weight excluding hydrogens is 290 g/mol. The maximum Gasteiger partial charge on any atom is 0.248 e. The summed E-state index contributed by atoms with van der Waals surface area (Å²) < 4.78 is 0. The average Bonchev–Trinajstić information content (AvgIpc) is 2.96. The highest BCUT2D eigenvalue weighted by molar-refractivity contribution is 5.89. The normalized spacial score (nSPS) is 14.6. The van der Waals surface area contributed by atoms with Crippen LogP contribution in [0.3, 0.4) is 0 Å². The number of rotatable bonds is 5. The van der Waals surface area contributed by atoms with Gasteiger partial charge >= 0.3 is 0 Å². The van der Waals surface area contributed by atoms with Crippen LogP contribution in [0.15, 0.2) is 48.4 Å². The maximum atomic E-state index is 12.3. The summed E-state index contributed by atoms with van der Waals surface area (Å²) in [6.07, 6.45) is 4.13. The van der Waals surface area contributed by atoms with Crippen molar-refractivity contribution in [1.29, 1.82) is 0 Å². The lowest BCUT2D eigenvalue weighted by Gasteiger charge is -2.29. The lowest BCUT2D eigenvalue weighted by molar-refractivity contribution is -0.127. The van der Waals surface area contributed by atoms with Crippen molar-refractivity contribution in [1.82, 2.24) is 20.3 Å². The molecule has 1 aliphatic heterocycles. The largest absolute Gasteiger partial charge is 0.348 e. The average molecular weight is 311 g/mol. The van der Waals surface area contributed by atoms with Crippen molar-refractivity contribution >= 4 is 11.6 Å². The van der Waals surface area contributed by atoms with Gasteiger partial charge in [0.25, 0.3) is 0 Å². The quantitative estimate of drug-likeness (QED) is 0.829. The predicted molar refractivity (Wildman–Crippen MR) is 89.4 cm³/mol. The Labute approximate surface area is 135 Å². The van der Waals surface area contributed by atoms with Crippen LogP contribution in [0.5, 0.6) is 0 Å². The molecule has 0 radical (unpaired) electrons. The molecule has 0 bridgehead atoms. The molecule has 2 heterocycles. The third-order valence-electron chi connectivity index (χ3n) is 3.99. The number of carbonyl (C=O) groups excluding carboxylic acids is 1. The van der Waals surface area contributed by atoms with Crippen LogP contribution in [0.4, 0.5) is 5.69 Å². The number of H-pyrrole nitrogens is 1. The van der Waals surface area contributed by atoms with Gasteiger partial charge in [0.05, 0.1) is 24.3 Å². The van der Waals surface area contributed by atoms with Gasteiger partial charge in [-0.25, -0.2) is 4.98 Å². The number of nitrogens with one attached hydrogen (secondary N) is 2. The summed E-state index contributed by atoms with van der Waals surface area (Å²) in [6, 6.07) is 10.00. The van der Waals surface area contributed by atoms with E-state index in [4.69, 9.17) is 0 Å². The highest BCUT2D eigenvalue weighted by Gasteiger charge is 2.20. The molecule has 1 amide bonds. The monoisotopic (exact) mass is 311 g/mol. The number of hydrogen-bond donors (Lipinski definition) is 2. The molecule has 0 saturated heterocycles. The molecule has 0 aliphatic carbocycles. The second-order valence-electron chi connectivity index (χ2n) is 5.66. The fourth-order valence-corrected chi connectivity index (χ4v) is 2.58. The van der Waals surface area contributed by atoms with Crippen LogP contribution in [-0.4, -0.2) is 34.4 Å². The molecule has 0 spiro atoms. The minimum Gasteiger partial charge on any atom is -0.348 e. The number of para-hydroxylation sites is 1.